The van der Waals surface area contributed by atoms with Gasteiger partial charge in [-0.3, -0.25) is 4.79 Å². The van der Waals surface area contributed by atoms with Gasteiger partial charge in [0.1, 0.15) is 0 Å². The van der Waals surface area contributed by atoms with Crippen molar-refractivity contribution in [2.75, 3.05) is 47.7 Å². The summed E-state index contributed by atoms with van der Waals surface area (Å²) in [5, 5.41) is 0. The Morgan fingerprint density at radius 1 is 0.935 bits per heavy atom. The molecular formula is C22H30N2O6S. The lowest BCUT2D eigenvalue weighted by atomic mass is 10.1. The van der Waals surface area contributed by atoms with E-state index in [1.165, 1.54) is 30.5 Å². The molecule has 0 heterocycles. The average molecular weight is 451 g/mol. The van der Waals surface area contributed by atoms with E-state index in [0.717, 1.165) is 17.4 Å². The molecule has 170 valence electrons. The molecule has 0 aliphatic heterocycles. The molecule has 8 nitrogen and oxygen atoms in total. The number of methoxy groups -OCH3 is 3. The van der Waals surface area contributed by atoms with Crippen molar-refractivity contribution < 1.29 is 27.4 Å². The Hall–Kier alpha value is -2.78. The molecule has 9 heteroatoms. The molecule has 0 aliphatic rings. The number of carbonyl (C=O) groups is 1. The molecule has 0 N–H and O–H groups in total. The van der Waals surface area contributed by atoms with Crippen molar-refractivity contribution in [1.82, 2.24) is 9.21 Å². The summed E-state index contributed by atoms with van der Waals surface area (Å²) >= 11 is 0. The first kappa shape index (κ1) is 24.5. The van der Waals surface area contributed by atoms with Crippen molar-refractivity contribution in [3.05, 3.63) is 53.6 Å². The van der Waals surface area contributed by atoms with Crippen LogP contribution >= 0.6 is 0 Å². The number of ether oxygens (including phenoxy) is 3. The van der Waals surface area contributed by atoms with Gasteiger partial charge in [0.15, 0.2) is 11.5 Å². The largest absolute Gasteiger partial charge is 0.493 e. The summed E-state index contributed by atoms with van der Waals surface area (Å²) in [5.41, 5.74) is 1.77. The monoisotopic (exact) mass is 450 g/mol. The molecular weight excluding hydrogens is 420 g/mol. The highest BCUT2D eigenvalue weighted by molar-refractivity contribution is 7.88. The van der Waals surface area contributed by atoms with Gasteiger partial charge in [0.25, 0.3) is 0 Å². The minimum Gasteiger partial charge on any atom is -0.493 e. The molecule has 0 spiro atoms. The van der Waals surface area contributed by atoms with Crippen LogP contribution in [0.5, 0.6) is 17.2 Å². The van der Waals surface area contributed by atoms with Crippen LogP contribution in [0.4, 0.5) is 0 Å². The number of carbonyl (C=O) groups excluding carboxylic acids is 1. The van der Waals surface area contributed by atoms with E-state index in [-0.39, 0.29) is 25.5 Å². The van der Waals surface area contributed by atoms with Gasteiger partial charge in [-0.05, 0) is 29.7 Å². The van der Waals surface area contributed by atoms with Gasteiger partial charge in [0.05, 0.1) is 34.1 Å². The fraction of sp³-hybridized carbons (Fsp3) is 0.409. The highest BCUT2D eigenvalue weighted by Crippen LogP contribution is 2.38. The molecule has 0 atom stereocenters. The molecule has 0 radical (unpaired) electrons. The number of benzene rings is 2. The first-order valence-corrected chi connectivity index (χ1v) is 11.6. The number of nitrogens with zero attached hydrogens (tertiary/aromatic N) is 2. The Morgan fingerprint density at radius 2 is 1.52 bits per heavy atom. The number of amides is 1. The van der Waals surface area contributed by atoms with E-state index in [0.29, 0.717) is 23.7 Å². The smallest absolute Gasteiger partial charge is 0.237 e. The molecule has 0 saturated heterocycles. The molecule has 0 unspecified atom stereocenters. The predicted octanol–water partition coefficient (Wildman–Crippen LogP) is 2.18. The second kappa shape index (κ2) is 11.0. The van der Waals surface area contributed by atoms with Gasteiger partial charge in [-0.1, -0.05) is 30.3 Å². The lowest BCUT2D eigenvalue weighted by Gasteiger charge is -2.24. The van der Waals surface area contributed by atoms with Gasteiger partial charge in [-0.15, -0.1) is 0 Å². The van der Waals surface area contributed by atoms with Crippen molar-refractivity contribution in [2.45, 2.75) is 13.0 Å². The number of sulfonamides is 1. The van der Waals surface area contributed by atoms with E-state index in [4.69, 9.17) is 14.2 Å². The third kappa shape index (κ3) is 6.86. The summed E-state index contributed by atoms with van der Waals surface area (Å²) in [6, 6.07) is 13.1. The van der Waals surface area contributed by atoms with Gasteiger partial charge < -0.3 is 19.1 Å². The van der Waals surface area contributed by atoms with Crippen LogP contribution in [0.2, 0.25) is 0 Å². The van der Waals surface area contributed by atoms with Gasteiger partial charge >= 0.3 is 0 Å². The molecule has 0 aromatic heterocycles. The minimum absolute atomic E-state index is 0.229. The maximum atomic E-state index is 12.8. The quantitative estimate of drug-likeness (QED) is 0.522. The Morgan fingerprint density at radius 3 is 2.00 bits per heavy atom. The summed E-state index contributed by atoms with van der Waals surface area (Å²) < 4.78 is 41.6. The highest BCUT2D eigenvalue weighted by atomic mass is 32.2. The van der Waals surface area contributed by atoms with Crippen LogP contribution in [0, 0.1) is 0 Å². The van der Waals surface area contributed by atoms with Crippen LogP contribution in [0.1, 0.15) is 11.1 Å². The van der Waals surface area contributed by atoms with E-state index in [2.05, 4.69) is 0 Å². The van der Waals surface area contributed by atoms with Crippen LogP contribution in [0.25, 0.3) is 0 Å². The summed E-state index contributed by atoms with van der Waals surface area (Å²) in [4.78, 5) is 14.3. The summed E-state index contributed by atoms with van der Waals surface area (Å²) in [6.07, 6.45) is 1.64. The van der Waals surface area contributed by atoms with Crippen molar-refractivity contribution in [3.63, 3.8) is 0 Å². The molecule has 31 heavy (non-hydrogen) atoms. The summed E-state index contributed by atoms with van der Waals surface area (Å²) in [5.74, 6) is 1.12. The lowest BCUT2D eigenvalue weighted by Crippen LogP contribution is -2.41. The molecule has 0 aliphatic carbocycles. The van der Waals surface area contributed by atoms with Crippen LogP contribution in [-0.4, -0.2) is 71.3 Å². The average Bonchev–Trinajstić information content (AvgIpc) is 2.75. The number of rotatable bonds is 11. The summed E-state index contributed by atoms with van der Waals surface area (Å²) in [6.45, 7) is 0.255. The Kier molecular flexibility index (Phi) is 8.70. The molecule has 0 saturated carbocycles. The van der Waals surface area contributed by atoms with Crippen LogP contribution in [0.3, 0.4) is 0 Å². The van der Waals surface area contributed by atoms with Crippen molar-refractivity contribution in [2.24, 2.45) is 0 Å². The van der Waals surface area contributed by atoms with Crippen molar-refractivity contribution in [1.29, 1.82) is 0 Å². The fourth-order valence-corrected chi connectivity index (χ4v) is 3.89. The van der Waals surface area contributed by atoms with E-state index in [1.54, 1.807) is 19.2 Å². The van der Waals surface area contributed by atoms with Gasteiger partial charge in [-0.2, -0.15) is 4.31 Å². The molecule has 0 bridgehead atoms. The number of hydrogen-bond donors (Lipinski definition) is 0. The lowest BCUT2D eigenvalue weighted by molar-refractivity contribution is -0.130. The molecule has 2 aromatic rings. The summed E-state index contributed by atoms with van der Waals surface area (Å²) in [7, 11) is 2.65. The van der Waals surface area contributed by atoms with Crippen molar-refractivity contribution >= 4 is 15.9 Å². The van der Waals surface area contributed by atoms with Gasteiger partial charge in [0, 0.05) is 20.1 Å². The standard InChI is InChI=1S/C22H30N2O6S/c1-23(15-18-13-19(28-2)22(30-4)20(14-18)29-3)21(25)16-24(31(5,26)27)12-11-17-9-7-6-8-10-17/h6-10,13-14H,11-12,15-16H2,1-5H3. The number of likely N-dealkylation sites (N-methyl/N-ethyl adjacent to an activating group) is 1. The zero-order valence-electron chi connectivity index (χ0n) is 18.6. The molecule has 0 fully saturated rings. The van der Waals surface area contributed by atoms with E-state index in [1.807, 2.05) is 30.3 Å². The van der Waals surface area contributed by atoms with Gasteiger partial charge in [0.2, 0.25) is 21.7 Å². The second-order valence-electron chi connectivity index (χ2n) is 7.12. The molecule has 2 rings (SSSR count). The third-order valence-corrected chi connectivity index (χ3v) is 6.09. The first-order chi connectivity index (χ1) is 14.7. The Balaban J connectivity index is 2.10. The fourth-order valence-electron chi connectivity index (χ4n) is 3.12. The zero-order valence-corrected chi connectivity index (χ0v) is 19.4. The number of hydrogen-bond acceptors (Lipinski definition) is 6. The van der Waals surface area contributed by atoms with Crippen LogP contribution in [0.15, 0.2) is 42.5 Å². The van der Waals surface area contributed by atoms with E-state index < -0.39 is 10.0 Å². The normalized spacial score (nSPS) is 11.3. The second-order valence-corrected chi connectivity index (χ2v) is 9.10. The van der Waals surface area contributed by atoms with Crippen molar-refractivity contribution in [3.8, 4) is 17.2 Å². The third-order valence-electron chi connectivity index (χ3n) is 4.84. The highest BCUT2D eigenvalue weighted by Gasteiger charge is 2.23. The maximum Gasteiger partial charge on any atom is 0.237 e. The van der Waals surface area contributed by atoms with Crippen LogP contribution < -0.4 is 14.2 Å². The van der Waals surface area contributed by atoms with Gasteiger partial charge in [-0.25, -0.2) is 8.42 Å². The molecule has 1 amide bonds. The Bertz CT molecular complexity index is 954. The predicted molar refractivity (Wildman–Crippen MR) is 119 cm³/mol. The van der Waals surface area contributed by atoms with E-state index >= 15 is 0 Å². The molecule has 2 aromatic carbocycles. The van der Waals surface area contributed by atoms with Crippen LogP contribution in [-0.2, 0) is 27.8 Å². The zero-order chi connectivity index (χ0) is 23.0. The first-order valence-electron chi connectivity index (χ1n) is 9.71. The SMILES string of the molecule is COc1cc(CN(C)C(=O)CN(CCc2ccccc2)S(C)(=O)=O)cc(OC)c1OC. The van der Waals surface area contributed by atoms with E-state index in [9.17, 15) is 13.2 Å². The topological polar surface area (TPSA) is 85.4 Å². The minimum atomic E-state index is -3.54. The Labute approximate surface area is 184 Å². The maximum absolute atomic E-state index is 12.8.